The summed E-state index contributed by atoms with van der Waals surface area (Å²) in [7, 11) is -0.363. The first-order valence-electron chi connectivity index (χ1n) is 9.16. The standard InChI is InChI=1S/C17H26N6O3S/c1-5-12-16(14(6-2)21(3)19-12)27(25,26)20-13-8-7-11-23(17(13)24)15-9-10-18-22(15)4/h9-10,13,20H,5-8,11H2,1-4H3/t13-/m0/s1. The molecule has 0 bridgehead atoms. The maximum Gasteiger partial charge on any atom is 0.246 e. The molecule has 0 unspecified atom stereocenters. The van der Waals surface area contributed by atoms with Crippen LogP contribution in [0.15, 0.2) is 17.2 Å². The van der Waals surface area contributed by atoms with Crippen molar-refractivity contribution in [2.24, 2.45) is 14.1 Å². The lowest BCUT2D eigenvalue weighted by molar-refractivity contribution is -0.121. The van der Waals surface area contributed by atoms with Gasteiger partial charge in [0.1, 0.15) is 16.8 Å². The second-order valence-corrected chi connectivity index (χ2v) is 8.32. The minimum atomic E-state index is -3.86. The van der Waals surface area contributed by atoms with E-state index in [-0.39, 0.29) is 10.8 Å². The van der Waals surface area contributed by atoms with Crippen molar-refractivity contribution in [3.8, 4) is 0 Å². The number of nitrogens with one attached hydrogen (secondary N) is 1. The number of rotatable bonds is 6. The van der Waals surface area contributed by atoms with Gasteiger partial charge in [-0.25, -0.2) is 8.42 Å². The van der Waals surface area contributed by atoms with Gasteiger partial charge >= 0.3 is 0 Å². The van der Waals surface area contributed by atoms with E-state index in [1.807, 2.05) is 13.8 Å². The van der Waals surface area contributed by atoms with Gasteiger partial charge in [-0.15, -0.1) is 0 Å². The van der Waals surface area contributed by atoms with Crippen molar-refractivity contribution in [3.63, 3.8) is 0 Å². The summed E-state index contributed by atoms with van der Waals surface area (Å²) in [4.78, 5) is 14.7. The summed E-state index contributed by atoms with van der Waals surface area (Å²) in [6.07, 6.45) is 3.84. The first-order valence-corrected chi connectivity index (χ1v) is 10.6. The molecule has 27 heavy (non-hydrogen) atoms. The Bertz CT molecular complexity index is 946. The Morgan fingerprint density at radius 3 is 2.56 bits per heavy atom. The molecule has 9 nitrogen and oxygen atoms in total. The summed E-state index contributed by atoms with van der Waals surface area (Å²) in [5.41, 5.74) is 1.17. The third kappa shape index (κ3) is 3.51. The van der Waals surface area contributed by atoms with Crippen LogP contribution < -0.4 is 9.62 Å². The smallest absolute Gasteiger partial charge is 0.246 e. The molecule has 10 heteroatoms. The monoisotopic (exact) mass is 394 g/mol. The lowest BCUT2D eigenvalue weighted by Gasteiger charge is -2.32. The number of hydrogen-bond donors (Lipinski definition) is 1. The molecule has 1 N–H and O–H groups in total. The maximum atomic E-state index is 13.1. The third-order valence-corrected chi connectivity index (χ3v) is 6.54. The summed E-state index contributed by atoms with van der Waals surface area (Å²) in [5, 5.41) is 8.43. The minimum Gasteiger partial charge on any atom is -0.296 e. The van der Waals surface area contributed by atoms with E-state index >= 15 is 0 Å². The van der Waals surface area contributed by atoms with E-state index in [1.54, 1.807) is 40.6 Å². The van der Waals surface area contributed by atoms with Crippen LogP contribution in [0.4, 0.5) is 5.82 Å². The number of hydrogen-bond acceptors (Lipinski definition) is 5. The van der Waals surface area contributed by atoms with Crippen molar-refractivity contribution in [1.82, 2.24) is 24.3 Å². The Morgan fingerprint density at radius 2 is 1.96 bits per heavy atom. The molecule has 3 heterocycles. The molecule has 1 saturated heterocycles. The molecule has 1 aliphatic rings. The van der Waals surface area contributed by atoms with Crippen LogP contribution in [0.25, 0.3) is 0 Å². The van der Waals surface area contributed by atoms with Crippen molar-refractivity contribution in [3.05, 3.63) is 23.7 Å². The van der Waals surface area contributed by atoms with Crippen LogP contribution in [-0.4, -0.2) is 46.5 Å². The van der Waals surface area contributed by atoms with E-state index in [4.69, 9.17) is 0 Å². The number of amides is 1. The average molecular weight is 395 g/mol. The lowest BCUT2D eigenvalue weighted by Crippen LogP contribution is -2.53. The molecule has 0 aliphatic carbocycles. The first kappa shape index (κ1) is 19.6. The molecule has 3 rings (SSSR count). The van der Waals surface area contributed by atoms with Gasteiger partial charge in [-0.3, -0.25) is 19.1 Å². The highest BCUT2D eigenvalue weighted by Crippen LogP contribution is 2.25. The highest BCUT2D eigenvalue weighted by atomic mass is 32.2. The van der Waals surface area contributed by atoms with Crippen LogP contribution in [-0.2, 0) is 41.8 Å². The van der Waals surface area contributed by atoms with Gasteiger partial charge < -0.3 is 0 Å². The van der Waals surface area contributed by atoms with Crippen LogP contribution in [0.2, 0.25) is 0 Å². The minimum absolute atomic E-state index is 0.209. The third-order valence-electron chi connectivity index (χ3n) is 4.93. The van der Waals surface area contributed by atoms with E-state index in [9.17, 15) is 13.2 Å². The number of carbonyl (C=O) groups is 1. The molecule has 0 aromatic carbocycles. The number of sulfonamides is 1. The van der Waals surface area contributed by atoms with Crippen molar-refractivity contribution in [2.75, 3.05) is 11.4 Å². The molecule has 1 fully saturated rings. The summed E-state index contributed by atoms with van der Waals surface area (Å²) < 4.78 is 32.1. The van der Waals surface area contributed by atoms with Crippen molar-refractivity contribution < 1.29 is 13.2 Å². The van der Waals surface area contributed by atoms with Crippen LogP contribution in [0.1, 0.15) is 38.1 Å². The van der Waals surface area contributed by atoms with Gasteiger partial charge in [0, 0.05) is 26.7 Å². The van der Waals surface area contributed by atoms with Crippen LogP contribution in [0.5, 0.6) is 0 Å². The van der Waals surface area contributed by atoms with Crippen molar-refractivity contribution in [1.29, 1.82) is 0 Å². The van der Waals surface area contributed by atoms with Gasteiger partial charge in [-0.1, -0.05) is 13.8 Å². The highest BCUT2D eigenvalue weighted by Gasteiger charge is 2.36. The zero-order chi connectivity index (χ0) is 19.8. The van der Waals surface area contributed by atoms with Gasteiger partial charge in [-0.2, -0.15) is 14.9 Å². The largest absolute Gasteiger partial charge is 0.296 e. The molecule has 148 valence electrons. The number of carbonyl (C=O) groups excluding carboxylic acids is 1. The zero-order valence-electron chi connectivity index (χ0n) is 16.1. The second kappa shape index (κ2) is 7.43. The summed E-state index contributed by atoms with van der Waals surface area (Å²) in [6, 6.07) is 0.952. The molecular weight excluding hydrogens is 368 g/mol. The maximum absolute atomic E-state index is 13.1. The topological polar surface area (TPSA) is 102 Å². The number of nitrogens with zero attached hydrogens (tertiary/aromatic N) is 5. The van der Waals surface area contributed by atoms with Crippen LogP contribution in [0.3, 0.4) is 0 Å². The molecule has 2 aromatic rings. The second-order valence-electron chi connectivity index (χ2n) is 6.67. The molecule has 0 radical (unpaired) electrons. The normalized spacial score (nSPS) is 18.3. The predicted molar refractivity (Wildman–Crippen MR) is 101 cm³/mol. The zero-order valence-corrected chi connectivity index (χ0v) is 17.0. The Labute approximate surface area is 159 Å². The number of piperidine rings is 1. The number of anilines is 1. The molecule has 1 amide bonds. The van der Waals surface area contributed by atoms with Crippen LogP contribution in [0, 0.1) is 0 Å². The number of aryl methyl sites for hydroxylation is 3. The SMILES string of the molecule is CCc1nn(C)c(CC)c1S(=O)(=O)N[C@H]1CCCN(c2ccnn2C)C1=O. The summed E-state index contributed by atoms with van der Waals surface area (Å²) >= 11 is 0. The fourth-order valence-corrected chi connectivity index (χ4v) is 5.41. The molecule has 2 aromatic heterocycles. The van der Waals surface area contributed by atoms with E-state index in [2.05, 4.69) is 14.9 Å². The predicted octanol–water partition coefficient (Wildman–Crippen LogP) is 0.752. The average Bonchev–Trinajstić information content (AvgIpc) is 3.19. The Morgan fingerprint density at radius 1 is 1.22 bits per heavy atom. The van der Waals surface area contributed by atoms with Crippen molar-refractivity contribution in [2.45, 2.75) is 50.5 Å². The fraction of sp³-hybridized carbons (Fsp3) is 0.588. The fourth-order valence-electron chi connectivity index (χ4n) is 3.62. The first-order chi connectivity index (χ1) is 12.8. The van der Waals surface area contributed by atoms with E-state index in [0.717, 1.165) is 0 Å². The van der Waals surface area contributed by atoms with Gasteiger partial charge in [0.05, 0.1) is 17.6 Å². The van der Waals surface area contributed by atoms with Gasteiger partial charge in [0.25, 0.3) is 0 Å². The Kier molecular flexibility index (Phi) is 5.38. The molecule has 0 saturated carbocycles. The van der Waals surface area contributed by atoms with E-state index in [1.165, 1.54) is 0 Å². The van der Waals surface area contributed by atoms with Gasteiger partial charge in [0.15, 0.2) is 0 Å². The number of aromatic nitrogens is 4. The molecular formula is C17H26N6O3S. The Hall–Kier alpha value is -2.20. The molecule has 1 aliphatic heterocycles. The Balaban J connectivity index is 1.90. The van der Waals surface area contributed by atoms with Crippen LogP contribution >= 0.6 is 0 Å². The molecule has 1 atom stereocenters. The lowest BCUT2D eigenvalue weighted by atomic mass is 10.1. The van der Waals surface area contributed by atoms with E-state index < -0.39 is 16.1 Å². The highest BCUT2D eigenvalue weighted by molar-refractivity contribution is 7.89. The van der Waals surface area contributed by atoms with E-state index in [0.29, 0.717) is 49.4 Å². The molecule has 0 spiro atoms. The van der Waals surface area contributed by atoms with Gasteiger partial charge in [-0.05, 0) is 25.7 Å². The summed E-state index contributed by atoms with van der Waals surface area (Å²) in [6.45, 7) is 4.31. The quantitative estimate of drug-likeness (QED) is 0.779. The van der Waals surface area contributed by atoms with Gasteiger partial charge in [0.2, 0.25) is 15.9 Å². The van der Waals surface area contributed by atoms with Crippen molar-refractivity contribution >= 4 is 21.7 Å². The summed E-state index contributed by atoms with van der Waals surface area (Å²) in [5.74, 6) is 0.405.